The molecular weight excluding hydrogens is 407 g/mol. The number of carbonyl (C=O) groups is 2. The Bertz CT molecular complexity index is 636. The van der Waals surface area contributed by atoms with Crippen LogP contribution >= 0.6 is 24.8 Å². The molecule has 1 aliphatic rings. The number of hydrogen-bond acceptors (Lipinski definition) is 6. The van der Waals surface area contributed by atoms with E-state index in [0.29, 0.717) is 30.1 Å². The van der Waals surface area contributed by atoms with E-state index in [1.54, 1.807) is 18.2 Å². The van der Waals surface area contributed by atoms with E-state index in [2.05, 4.69) is 10.2 Å². The summed E-state index contributed by atoms with van der Waals surface area (Å²) in [5, 5.41) is 2.79. The molecular formula is C18H30Cl2N4O4. The average molecular weight is 437 g/mol. The summed E-state index contributed by atoms with van der Waals surface area (Å²) in [5.74, 6) is 0.202. The molecule has 8 nitrogen and oxygen atoms in total. The van der Waals surface area contributed by atoms with Crippen LogP contribution in [0.3, 0.4) is 0 Å². The minimum absolute atomic E-state index is 0. The zero-order chi connectivity index (χ0) is 19.1. The molecule has 1 aromatic rings. The standard InChI is InChI=1S/C18H28N4O4.2ClH/c1-21-6-8-22(9-7-21)18(24)13-4-5-16(26-3)15(10-13)20-17(23)11-14(12-19)25-2;;/h4-5,10,14H,6-9,11-12,19H2,1-3H3,(H,20,23);2*1H. The van der Waals surface area contributed by atoms with Crippen LogP contribution in [0.2, 0.25) is 0 Å². The zero-order valence-electron chi connectivity index (χ0n) is 16.5. The van der Waals surface area contributed by atoms with Gasteiger partial charge in [-0.1, -0.05) is 0 Å². The predicted molar refractivity (Wildman–Crippen MR) is 114 cm³/mol. The van der Waals surface area contributed by atoms with E-state index in [-0.39, 0.29) is 55.7 Å². The van der Waals surface area contributed by atoms with E-state index in [9.17, 15) is 9.59 Å². The highest BCUT2D eigenvalue weighted by Crippen LogP contribution is 2.26. The Hall–Kier alpha value is -1.58. The van der Waals surface area contributed by atoms with Crippen LogP contribution in [0.1, 0.15) is 16.8 Å². The van der Waals surface area contributed by atoms with Gasteiger partial charge in [0, 0.05) is 45.4 Å². The Morgan fingerprint density at radius 3 is 2.36 bits per heavy atom. The molecule has 2 rings (SSSR count). The van der Waals surface area contributed by atoms with E-state index in [0.717, 1.165) is 13.1 Å². The highest BCUT2D eigenvalue weighted by Gasteiger charge is 2.22. The van der Waals surface area contributed by atoms with Crippen molar-refractivity contribution < 1.29 is 19.1 Å². The largest absolute Gasteiger partial charge is 0.495 e. The third-order valence-corrected chi connectivity index (χ3v) is 4.52. The molecule has 28 heavy (non-hydrogen) atoms. The first-order chi connectivity index (χ1) is 12.5. The van der Waals surface area contributed by atoms with E-state index in [4.69, 9.17) is 15.2 Å². The SMILES string of the molecule is COc1ccc(C(=O)N2CCN(C)CC2)cc1NC(=O)CC(CN)OC.Cl.Cl. The number of nitrogens with zero attached hydrogens (tertiary/aromatic N) is 2. The third-order valence-electron chi connectivity index (χ3n) is 4.52. The number of rotatable bonds is 7. The van der Waals surface area contributed by atoms with Gasteiger partial charge in [0.25, 0.3) is 5.91 Å². The van der Waals surface area contributed by atoms with Gasteiger partial charge in [-0.15, -0.1) is 24.8 Å². The van der Waals surface area contributed by atoms with Gasteiger partial charge >= 0.3 is 0 Å². The molecule has 160 valence electrons. The first kappa shape index (κ1) is 26.4. The van der Waals surface area contributed by atoms with Crippen molar-refractivity contribution in [3.05, 3.63) is 23.8 Å². The highest BCUT2D eigenvalue weighted by atomic mass is 35.5. The lowest BCUT2D eigenvalue weighted by Gasteiger charge is -2.32. The fraction of sp³-hybridized carbons (Fsp3) is 0.556. The number of halogens is 2. The summed E-state index contributed by atoms with van der Waals surface area (Å²) < 4.78 is 10.4. The lowest BCUT2D eigenvalue weighted by Crippen LogP contribution is -2.47. The van der Waals surface area contributed by atoms with Gasteiger partial charge in [0.1, 0.15) is 5.75 Å². The molecule has 1 aromatic carbocycles. The number of hydrogen-bond donors (Lipinski definition) is 2. The molecule has 0 aromatic heterocycles. The summed E-state index contributed by atoms with van der Waals surface area (Å²) in [6.45, 7) is 3.33. The van der Waals surface area contributed by atoms with Crippen LogP contribution in [0.25, 0.3) is 0 Å². The summed E-state index contributed by atoms with van der Waals surface area (Å²) in [6, 6.07) is 5.06. The first-order valence-electron chi connectivity index (χ1n) is 8.67. The van der Waals surface area contributed by atoms with Gasteiger partial charge in [0.15, 0.2) is 0 Å². The maximum atomic E-state index is 12.7. The summed E-state index contributed by atoms with van der Waals surface area (Å²) in [6.07, 6.45) is -0.219. The molecule has 3 N–H and O–H groups in total. The van der Waals surface area contributed by atoms with Crippen molar-refractivity contribution in [3.63, 3.8) is 0 Å². The molecule has 0 radical (unpaired) electrons. The van der Waals surface area contributed by atoms with Crippen LogP contribution in [-0.2, 0) is 9.53 Å². The van der Waals surface area contributed by atoms with Crippen molar-refractivity contribution >= 4 is 42.3 Å². The number of nitrogens with two attached hydrogens (primary N) is 1. The molecule has 0 spiro atoms. The normalized spacial score (nSPS) is 15.1. The van der Waals surface area contributed by atoms with Crippen LogP contribution in [0.5, 0.6) is 5.75 Å². The average Bonchev–Trinajstić information content (AvgIpc) is 2.66. The van der Waals surface area contributed by atoms with Crippen LogP contribution in [-0.4, -0.2) is 81.7 Å². The van der Waals surface area contributed by atoms with Crippen LogP contribution < -0.4 is 15.8 Å². The molecule has 0 saturated carbocycles. The quantitative estimate of drug-likeness (QED) is 0.666. The number of amides is 2. The number of likely N-dealkylation sites (N-methyl/N-ethyl adjacent to an activating group) is 1. The summed E-state index contributed by atoms with van der Waals surface area (Å²) in [5.41, 5.74) is 6.54. The van der Waals surface area contributed by atoms with E-state index >= 15 is 0 Å². The lowest BCUT2D eigenvalue weighted by atomic mass is 10.1. The number of ether oxygens (including phenoxy) is 2. The molecule has 1 heterocycles. The minimum atomic E-state index is -0.351. The van der Waals surface area contributed by atoms with Gasteiger partial charge in [0.05, 0.1) is 25.3 Å². The van der Waals surface area contributed by atoms with Crippen LogP contribution in [0.15, 0.2) is 18.2 Å². The summed E-state index contributed by atoms with van der Waals surface area (Å²) in [7, 11) is 5.07. The number of anilines is 1. The Balaban J connectivity index is 0.00000364. The van der Waals surface area contributed by atoms with Gasteiger partial charge < -0.3 is 30.3 Å². The number of piperazine rings is 1. The predicted octanol–water partition coefficient (Wildman–Crippen LogP) is 1.23. The third kappa shape index (κ3) is 7.10. The highest BCUT2D eigenvalue weighted by molar-refractivity contribution is 5.98. The Labute approximate surface area is 178 Å². The fourth-order valence-corrected chi connectivity index (χ4v) is 2.80. The fourth-order valence-electron chi connectivity index (χ4n) is 2.80. The van der Waals surface area contributed by atoms with Crippen LogP contribution in [0, 0.1) is 0 Å². The van der Waals surface area contributed by atoms with Gasteiger partial charge in [-0.25, -0.2) is 0 Å². The molecule has 1 atom stereocenters. The van der Waals surface area contributed by atoms with Crippen LogP contribution in [0.4, 0.5) is 5.69 Å². The maximum absolute atomic E-state index is 12.7. The molecule has 1 saturated heterocycles. The molecule has 0 aliphatic carbocycles. The lowest BCUT2D eigenvalue weighted by molar-refractivity contribution is -0.118. The summed E-state index contributed by atoms with van der Waals surface area (Å²) in [4.78, 5) is 29.0. The summed E-state index contributed by atoms with van der Waals surface area (Å²) >= 11 is 0. The molecule has 2 amide bonds. The van der Waals surface area contributed by atoms with Gasteiger partial charge in [-0.05, 0) is 25.2 Å². The molecule has 1 fully saturated rings. The van der Waals surface area contributed by atoms with Crippen molar-refractivity contribution in [2.45, 2.75) is 12.5 Å². The van der Waals surface area contributed by atoms with E-state index in [1.165, 1.54) is 14.2 Å². The van der Waals surface area contributed by atoms with Crippen molar-refractivity contribution in [1.82, 2.24) is 9.80 Å². The Morgan fingerprint density at radius 1 is 1.18 bits per heavy atom. The van der Waals surface area contributed by atoms with Gasteiger partial charge in [-0.3, -0.25) is 9.59 Å². The molecule has 10 heteroatoms. The number of benzene rings is 1. The minimum Gasteiger partial charge on any atom is -0.495 e. The Kier molecular flexibility index (Phi) is 12.1. The van der Waals surface area contributed by atoms with Crippen molar-refractivity contribution in [2.75, 3.05) is 59.3 Å². The van der Waals surface area contributed by atoms with Gasteiger partial charge in [0.2, 0.25) is 5.91 Å². The number of carbonyl (C=O) groups excluding carboxylic acids is 2. The maximum Gasteiger partial charge on any atom is 0.254 e. The van der Waals surface area contributed by atoms with Crippen molar-refractivity contribution in [3.8, 4) is 5.75 Å². The topological polar surface area (TPSA) is 97.1 Å². The smallest absolute Gasteiger partial charge is 0.254 e. The molecule has 1 unspecified atom stereocenters. The second kappa shape index (κ2) is 12.8. The van der Waals surface area contributed by atoms with Gasteiger partial charge in [-0.2, -0.15) is 0 Å². The van der Waals surface area contributed by atoms with Crippen molar-refractivity contribution in [1.29, 1.82) is 0 Å². The molecule has 1 aliphatic heterocycles. The van der Waals surface area contributed by atoms with Crippen molar-refractivity contribution in [2.24, 2.45) is 5.73 Å². The molecule has 0 bridgehead atoms. The monoisotopic (exact) mass is 436 g/mol. The number of methoxy groups -OCH3 is 2. The van der Waals surface area contributed by atoms with E-state index < -0.39 is 0 Å². The second-order valence-electron chi connectivity index (χ2n) is 6.36. The van der Waals surface area contributed by atoms with E-state index in [1.807, 2.05) is 11.9 Å². The zero-order valence-corrected chi connectivity index (χ0v) is 18.1. The first-order valence-corrected chi connectivity index (χ1v) is 8.67. The number of nitrogens with one attached hydrogen (secondary N) is 1. The second-order valence-corrected chi connectivity index (χ2v) is 6.36. The Morgan fingerprint density at radius 2 is 1.82 bits per heavy atom.